The molecule has 4 heteroatoms. The largest absolute Gasteiger partial charge is 0.325 e. The highest BCUT2D eigenvalue weighted by Crippen LogP contribution is 2.21. The third kappa shape index (κ3) is 2.03. The van der Waals surface area contributed by atoms with E-state index >= 15 is 0 Å². The molecule has 78 valence electrons. The maximum Gasteiger partial charge on any atom is 0.0766 e. The van der Waals surface area contributed by atoms with Crippen molar-refractivity contribution < 1.29 is 0 Å². The molecule has 1 aromatic heterocycles. The Balaban J connectivity index is 2.44. The summed E-state index contributed by atoms with van der Waals surface area (Å²) in [5, 5.41) is 5.02. The molecule has 0 unspecified atom stereocenters. The Kier molecular flexibility index (Phi) is 2.75. The van der Waals surface area contributed by atoms with Crippen molar-refractivity contribution in [3.05, 3.63) is 41.0 Å². The van der Waals surface area contributed by atoms with Crippen molar-refractivity contribution in [2.75, 3.05) is 0 Å². The van der Waals surface area contributed by atoms with Gasteiger partial charge in [-0.05, 0) is 23.8 Å². The molecule has 0 spiro atoms. The van der Waals surface area contributed by atoms with E-state index in [-0.39, 0.29) is 0 Å². The molecule has 0 fully saturated rings. The number of benzene rings is 1. The Morgan fingerprint density at radius 3 is 2.53 bits per heavy atom. The summed E-state index contributed by atoms with van der Waals surface area (Å²) in [4.78, 5) is 0. The standard InChI is InChI=1S/C11H12ClN3/c1-15-11(6-10(7-13)14-15)8-2-4-9(12)5-3-8/h2-6H,7,13H2,1H3. The molecule has 0 saturated heterocycles. The van der Waals surface area contributed by atoms with Crippen molar-refractivity contribution in [2.45, 2.75) is 6.54 Å². The van der Waals surface area contributed by atoms with Crippen LogP contribution in [0.4, 0.5) is 0 Å². The Morgan fingerprint density at radius 1 is 1.33 bits per heavy atom. The van der Waals surface area contributed by atoms with Crippen LogP contribution in [0, 0.1) is 0 Å². The van der Waals surface area contributed by atoms with Crippen molar-refractivity contribution in [1.82, 2.24) is 9.78 Å². The minimum absolute atomic E-state index is 0.460. The van der Waals surface area contributed by atoms with E-state index in [0.29, 0.717) is 6.54 Å². The average molecular weight is 222 g/mol. The van der Waals surface area contributed by atoms with Crippen molar-refractivity contribution in [2.24, 2.45) is 12.8 Å². The molecule has 2 N–H and O–H groups in total. The lowest BCUT2D eigenvalue weighted by molar-refractivity contribution is 0.749. The van der Waals surface area contributed by atoms with Gasteiger partial charge in [0, 0.05) is 18.6 Å². The lowest BCUT2D eigenvalue weighted by Gasteiger charge is -2.01. The predicted molar refractivity (Wildman–Crippen MR) is 61.5 cm³/mol. The van der Waals surface area contributed by atoms with Crippen molar-refractivity contribution in [3.63, 3.8) is 0 Å². The van der Waals surface area contributed by atoms with E-state index in [1.807, 2.05) is 42.1 Å². The van der Waals surface area contributed by atoms with E-state index in [0.717, 1.165) is 22.0 Å². The molecule has 0 amide bonds. The van der Waals surface area contributed by atoms with Gasteiger partial charge in [-0.3, -0.25) is 4.68 Å². The van der Waals surface area contributed by atoms with Gasteiger partial charge in [-0.2, -0.15) is 5.10 Å². The van der Waals surface area contributed by atoms with E-state index in [4.69, 9.17) is 17.3 Å². The fourth-order valence-electron chi connectivity index (χ4n) is 1.52. The zero-order chi connectivity index (χ0) is 10.8. The molecule has 0 aliphatic rings. The summed E-state index contributed by atoms with van der Waals surface area (Å²) in [5.74, 6) is 0. The first kappa shape index (κ1) is 10.2. The molecule has 0 saturated carbocycles. The van der Waals surface area contributed by atoms with Gasteiger partial charge in [0.15, 0.2) is 0 Å². The minimum atomic E-state index is 0.460. The van der Waals surface area contributed by atoms with Gasteiger partial charge in [0.1, 0.15) is 0 Å². The van der Waals surface area contributed by atoms with Gasteiger partial charge < -0.3 is 5.73 Å². The summed E-state index contributed by atoms with van der Waals surface area (Å²) in [6.07, 6.45) is 0. The van der Waals surface area contributed by atoms with Crippen LogP contribution in [0.25, 0.3) is 11.3 Å². The lowest BCUT2D eigenvalue weighted by atomic mass is 10.1. The summed E-state index contributed by atoms with van der Waals surface area (Å²) in [7, 11) is 1.91. The van der Waals surface area contributed by atoms with Crippen LogP contribution in [-0.4, -0.2) is 9.78 Å². The molecule has 3 nitrogen and oxygen atoms in total. The molecule has 15 heavy (non-hydrogen) atoms. The van der Waals surface area contributed by atoms with Gasteiger partial charge in [-0.15, -0.1) is 0 Å². The van der Waals surface area contributed by atoms with Crippen molar-refractivity contribution in [1.29, 1.82) is 0 Å². The number of halogens is 1. The minimum Gasteiger partial charge on any atom is -0.325 e. The highest BCUT2D eigenvalue weighted by Gasteiger charge is 2.05. The number of aryl methyl sites for hydroxylation is 1. The van der Waals surface area contributed by atoms with Gasteiger partial charge in [0.25, 0.3) is 0 Å². The Labute approximate surface area is 93.5 Å². The fraction of sp³-hybridized carbons (Fsp3) is 0.182. The number of nitrogens with two attached hydrogens (primary N) is 1. The van der Waals surface area contributed by atoms with Crippen LogP contribution in [0.2, 0.25) is 5.02 Å². The van der Waals surface area contributed by atoms with Crippen LogP contribution in [0.5, 0.6) is 0 Å². The predicted octanol–water partition coefficient (Wildman–Crippen LogP) is 2.20. The third-order valence-corrected chi connectivity index (χ3v) is 2.53. The monoisotopic (exact) mass is 221 g/mol. The fourth-order valence-corrected chi connectivity index (χ4v) is 1.64. The second-order valence-corrected chi connectivity index (χ2v) is 3.79. The second kappa shape index (κ2) is 4.04. The number of aromatic nitrogens is 2. The number of nitrogens with zero attached hydrogens (tertiary/aromatic N) is 2. The molecule has 0 atom stereocenters. The van der Waals surface area contributed by atoms with E-state index in [2.05, 4.69) is 5.10 Å². The maximum atomic E-state index is 5.83. The number of hydrogen-bond donors (Lipinski definition) is 1. The molecular formula is C11H12ClN3. The highest BCUT2D eigenvalue weighted by atomic mass is 35.5. The number of rotatable bonds is 2. The van der Waals surface area contributed by atoms with E-state index in [9.17, 15) is 0 Å². The van der Waals surface area contributed by atoms with E-state index in [1.165, 1.54) is 0 Å². The topological polar surface area (TPSA) is 43.8 Å². The van der Waals surface area contributed by atoms with Crippen molar-refractivity contribution >= 4 is 11.6 Å². The Bertz CT molecular complexity index is 459. The summed E-state index contributed by atoms with van der Waals surface area (Å²) in [6, 6.07) is 9.67. The van der Waals surface area contributed by atoms with E-state index < -0.39 is 0 Å². The molecule has 2 rings (SSSR count). The van der Waals surface area contributed by atoms with Gasteiger partial charge in [0.2, 0.25) is 0 Å². The van der Waals surface area contributed by atoms with Gasteiger partial charge in [-0.1, -0.05) is 23.7 Å². The molecular weight excluding hydrogens is 210 g/mol. The van der Waals surface area contributed by atoms with Crippen LogP contribution >= 0.6 is 11.6 Å². The summed E-state index contributed by atoms with van der Waals surface area (Å²) < 4.78 is 1.82. The average Bonchev–Trinajstić information content (AvgIpc) is 2.61. The van der Waals surface area contributed by atoms with Gasteiger partial charge in [0.05, 0.1) is 11.4 Å². The van der Waals surface area contributed by atoms with Crippen molar-refractivity contribution in [3.8, 4) is 11.3 Å². The molecule has 1 aromatic carbocycles. The van der Waals surface area contributed by atoms with Gasteiger partial charge in [-0.25, -0.2) is 0 Å². The first-order valence-electron chi connectivity index (χ1n) is 4.69. The smallest absolute Gasteiger partial charge is 0.0766 e. The molecule has 0 radical (unpaired) electrons. The highest BCUT2D eigenvalue weighted by molar-refractivity contribution is 6.30. The third-order valence-electron chi connectivity index (χ3n) is 2.28. The van der Waals surface area contributed by atoms with Crippen LogP contribution < -0.4 is 5.73 Å². The number of hydrogen-bond acceptors (Lipinski definition) is 2. The summed E-state index contributed by atoms with van der Waals surface area (Å²) in [5.41, 5.74) is 8.57. The zero-order valence-electron chi connectivity index (χ0n) is 8.44. The quantitative estimate of drug-likeness (QED) is 0.845. The maximum absolute atomic E-state index is 5.83. The first-order chi connectivity index (χ1) is 7.20. The second-order valence-electron chi connectivity index (χ2n) is 3.36. The summed E-state index contributed by atoms with van der Waals surface area (Å²) >= 11 is 5.83. The zero-order valence-corrected chi connectivity index (χ0v) is 9.20. The van der Waals surface area contributed by atoms with Crippen LogP contribution in [0.15, 0.2) is 30.3 Å². The van der Waals surface area contributed by atoms with Crippen LogP contribution in [0.1, 0.15) is 5.69 Å². The molecule has 0 aliphatic carbocycles. The lowest BCUT2D eigenvalue weighted by Crippen LogP contribution is -1.98. The van der Waals surface area contributed by atoms with Crippen LogP contribution in [-0.2, 0) is 13.6 Å². The SMILES string of the molecule is Cn1nc(CN)cc1-c1ccc(Cl)cc1. The molecule has 0 bridgehead atoms. The van der Waals surface area contributed by atoms with Crippen LogP contribution in [0.3, 0.4) is 0 Å². The van der Waals surface area contributed by atoms with E-state index in [1.54, 1.807) is 0 Å². The normalized spacial score (nSPS) is 10.6. The Hall–Kier alpha value is -1.32. The molecule has 1 heterocycles. The Morgan fingerprint density at radius 2 is 2.00 bits per heavy atom. The summed E-state index contributed by atoms with van der Waals surface area (Å²) in [6.45, 7) is 0.460. The van der Waals surface area contributed by atoms with Gasteiger partial charge >= 0.3 is 0 Å². The molecule has 0 aliphatic heterocycles. The first-order valence-corrected chi connectivity index (χ1v) is 5.07. The molecule has 2 aromatic rings.